The summed E-state index contributed by atoms with van der Waals surface area (Å²) in [7, 11) is 0. The zero-order chi connectivity index (χ0) is 11.0. The average molecular weight is 237 g/mol. The molecule has 16 heavy (non-hydrogen) atoms. The minimum Gasteiger partial charge on any atom is -0.350 e. The lowest BCUT2D eigenvalue weighted by atomic mass is 10.3. The lowest BCUT2D eigenvalue weighted by Gasteiger charge is -2.06. The number of aromatic nitrogens is 6. The maximum absolute atomic E-state index is 4.43. The quantitative estimate of drug-likeness (QED) is 0.827. The van der Waals surface area contributed by atoms with Crippen molar-refractivity contribution in [3.8, 4) is 0 Å². The number of tetrazole rings is 1. The van der Waals surface area contributed by atoms with Crippen molar-refractivity contribution in [2.45, 2.75) is 31.7 Å². The molecule has 0 amide bonds. The largest absolute Gasteiger partial charge is 0.350 e. The summed E-state index contributed by atoms with van der Waals surface area (Å²) in [6.45, 7) is 1.96. The summed E-state index contributed by atoms with van der Waals surface area (Å²) in [5.41, 5.74) is 0. The van der Waals surface area contributed by atoms with Crippen LogP contribution in [-0.2, 0) is 0 Å². The van der Waals surface area contributed by atoms with Crippen molar-refractivity contribution >= 4 is 16.7 Å². The van der Waals surface area contributed by atoms with Gasteiger partial charge in [0.15, 0.2) is 5.82 Å². The number of aromatic amines is 1. The zero-order valence-corrected chi connectivity index (χ0v) is 9.53. The summed E-state index contributed by atoms with van der Waals surface area (Å²) in [4.78, 5) is 4.43. The minimum atomic E-state index is -0.0150. The Kier molecular flexibility index (Phi) is 2.28. The van der Waals surface area contributed by atoms with Gasteiger partial charge in [0.25, 0.3) is 0 Å². The first-order valence-corrected chi connectivity index (χ1v) is 5.94. The lowest BCUT2D eigenvalue weighted by molar-refractivity contribution is 0.790. The van der Waals surface area contributed by atoms with Gasteiger partial charge in [0.05, 0.1) is 6.04 Å². The van der Waals surface area contributed by atoms with Crippen LogP contribution in [0.4, 0.5) is 5.13 Å². The van der Waals surface area contributed by atoms with E-state index in [9.17, 15) is 0 Å². The van der Waals surface area contributed by atoms with Crippen LogP contribution >= 0.6 is 11.5 Å². The SMILES string of the molecule is CC(Nc1nc(C2CC2)ns1)c1nn[nH]n1. The van der Waals surface area contributed by atoms with Crippen LogP contribution in [-0.4, -0.2) is 30.0 Å². The monoisotopic (exact) mass is 237 g/mol. The van der Waals surface area contributed by atoms with Gasteiger partial charge in [-0.1, -0.05) is 5.21 Å². The molecule has 1 aliphatic carbocycles. The van der Waals surface area contributed by atoms with E-state index in [0.29, 0.717) is 11.7 Å². The third kappa shape index (κ3) is 1.87. The molecule has 0 aromatic carbocycles. The summed E-state index contributed by atoms with van der Waals surface area (Å²) in [6, 6.07) is -0.0150. The van der Waals surface area contributed by atoms with Gasteiger partial charge in [-0.15, -0.1) is 10.2 Å². The van der Waals surface area contributed by atoms with Gasteiger partial charge >= 0.3 is 0 Å². The van der Waals surface area contributed by atoms with Crippen LogP contribution in [0.3, 0.4) is 0 Å². The fourth-order valence-electron chi connectivity index (χ4n) is 1.40. The molecular formula is C8H11N7S. The van der Waals surface area contributed by atoms with Crippen molar-refractivity contribution in [3.05, 3.63) is 11.6 Å². The molecule has 2 aromatic rings. The summed E-state index contributed by atoms with van der Waals surface area (Å²) < 4.78 is 4.32. The van der Waals surface area contributed by atoms with Crippen LogP contribution in [0.1, 0.15) is 43.4 Å². The van der Waals surface area contributed by atoms with E-state index in [-0.39, 0.29) is 6.04 Å². The Hall–Kier alpha value is -1.57. The molecule has 1 fully saturated rings. The molecule has 84 valence electrons. The van der Waals surface area contributed by atoms with Gasteiger partial charge in [-0.2, -0.15) is 9.59 Å². The Morgan fingerprint density at radius 1 is 1.50 bits per heavy atom. The molecular weight excluding hydrogens is 226 g/mol. The summed E-state index contributed by atoms with van der Waals surface area (Å²) in [5.74, 6) is 2.18. The molecule has 0 spiro atoms. The van der Waals surface area contributed by atoms with Crippen molar-refractivity contribution in [2.24, 2.45) is 0 Å². The Morgan fingerprint density at radius 2 is 2.38 bits per heavy atom. The number of nitrogens with zero attached hydrogens (tertiary/aromatic N) is 5. The molecule has 2 N–H and O–H groups in total. The highest BCUT2D eigenvalue weighted by Crippen LogP contribution is 2.39. The van der Waals surface area contributed by atoms with E-state index >= 15 is 0 Å². The van der Waals surface area contributed by atoms with Gasteiger partial charge in [-0.3, -0.25) is 0 Å². The molecule has 0 saturated heterocycles. The topological polar surface area (TPSA) is 92.3 Å². The number of H-pyrrole nitrogens is 1. The smallest absolute Gasteiger partial charge is 0.203 e. The number of anilines is 1. The Balaban J connectivity index is 1.68. The van der Waals surface area contributed by atoms with Crippen molar-refractivity contribution < 1.29 is 0 Å². The minimum absolute atomic E-state index is 0.0150. The summed E-state index contributed by atoms with van der Waals surface area (Å²) in [5, 5.41) is 17.8. The molecule has 1 unspecified atom stereocenters. The maximum Gasteiger partial charge on any atom is 0.203 e. The first-order chi connectivity index (χ1) is 7.83. The predicted molar refractivity (Wildman–Crippen MR) is 58.1 cm³/mol. The van der Waals surface area contributed by atoms with Crippen molar-refractivity contribution in [3.63, 3.8) is 0 Å². The molecule has 0 radical (unpaired) electrons. The average Bonchev–Trinajstić information content (AvgIpc) is 2.82. The first-order valence-electron chi connectivity index (χ1n) is 5.16. The Bertz CT molecular complexity index is 460. The number of hydrogen-bond acceptors (Lipinski definition) is 7. The highest BCUT2D eigenvalue weighted by molar-refractivity contribution is 7.09. The van der Waals surface area contributed by atoms with Crippen molar-refractivity contribution in [1.82, 2.24) is 30.0 Å². The fraction of sp³-hybridized carbons (Fsp3) is 0.625. The van der Waals surface area contributed by atoms with Gasteiger partial charge in [-0.25, -0.2) is 4.98 Å². The standard InChI is InChI=1S/C8H11N7S/c1-4(6-11-14-15-12-6)9-8-10-7(13-16-8)5-2-3-5/h4-5H,2-3H2,1H3,(H,9,10,13)(H,11,12,14,15). The van der Waals surface area contributed by atoms with Gasteiger partial charge in [0.1, 0.15) is 5.82 Å². The molecule has 0 aliphatic heterocycles. The van der Waals surface area contributed by atoms with Crippen LogP contribution in [0.15, 0.2) is 0 Å². The van der Waals surface area contributed by atoms with Gasteiger partial charge in [-0.05, 0) is 19.8 Å². The summed E-state index contributed by atoms with van der Waals surface area (Å²) >= 11 is 1.39. The lowest BCUT2D eigenvalue weighted by Crippen LogP contribution is -2.08. The van der Waals surface area contributed by atoms with E-state index in [1.54, 1.807) is 0 Å². The molecule has 8 heteroatoms. The maximum atomic E-state index is 4.43. The molecule has 7 nitrogen and oxygen atoms in total. The van der Waals surface area contributed by atoms with Crippen LogP contribution in [0.25, 0.3) is 0 Å². The molecule has 1 saturated carbocycles. The second-order valence-electron chi connectivity index (χ2n) is 3.87. The van der Waals surface area contributed by atoms with Crippen molar-refractivity contribution in [2.75, 3.05) is 5.32 Å². The summed E-state index contributed by atoms with van der Waals surface area (Å²) in [6.07, 6.45) is 2.44. The van der Waals surface area contributed by atoms with Gasteiger partial charge < -0.3 is 5.32 Å². The first kappa shape index (κ1) is 9.64. The second-order valence-corrected chi connectivity index (χ2v) is 4.62. The molecule has 0 bridgehead atoms. The van der Waals surface area contributed by atoms with E-state index in [1.165, 1.54) is 24.4 Å². The highest BCUT2D eigenvalue weighted by atomic mass is 32.1. The van der Waals surface area contributed by atoms with Crippen molar-refractivity contribution in [1.29, 1.82) is 0 Å². The van der Waals surface area contributed by atoms with Gasteiger partial charge in [0.2, 0.25) is 5.13 Å². The number of hydrogen-bond donors (Lipinski definition) is 2. The van der Waals surface area contributed by atoms with Crippen LogP contribution in [0.5, 0.6) is 0 Å². The number of nitrogens with one attached hydrogen (secondary N) is 2. The van der Waals surface area contributed by atoms with Crippen LogP contribution in [0, 0.1) is 0 Å². The second kappa shape index (κ2) is 3.78. The Labute approximate surface area is 95.9 Å². The third-order valence-corrected chi connectivity index (χ3v) is 3.13. The zero-order valence-electron chi connectivity index (χ0n) is 8.71. The Morgan fingerprint density at radius 3 is 3.06 bits per heavy atom. The van der Waals surface area contributed by atoms with Crippen LogP contribution in [0.2, 0.25) is 0 Å². The molecule has 1 aliphatic rings. The molecule has 1 atom stereocenters. The predicted octanol–water partition coefficient (Wildman–Crippen LogP) is 1.10. The van der Waals surface area contributed by atoms with E-state index in [0.717, 1.165) is 11.0 Å². The van der Waals surface area contributed by atoms with E-state index in [4.69, 9.17) is 0 Å². The fourth-order valence-corrected chi connectivity index (χ4v) is 2.14. The molecule has 2 heterocycles. The van der Waals surface area contributed by atoms with Crippen LogP contribution < -0.4 is 5.32 Å². The normalized spacial score (nSPS) is 17.3. The van der Waals surface area contributed by atoms with E-state index in [2.05, 4.69) is 35.3 Å². The van der Waals surface area contributed by atoms with E-state index in [1.807, 2.05) is 6.92 Å². The van der Waals surface area contributed by atoms with E-state index < -0.39 is 0 Å². The highest BCUT2D eigenvalue weighted by Gasteiger charge is 2.28. The number of rotatable bonds is 4. The molecule has 2 aromatic heterocycles. The third-order valence-electron chi connectivity index (χ3n) is 2.47. The molecule has 3 rings (SSSR count). The van der Waals surface area contributed by atoms with Gasteiger partial charge in [0, 0.05) is 17.5 Å².